The zero-order chi connectivity index (χ0) is 20.6. The summed E-state index contributed by atoms with van der Waals surface area (Å²) in [4.78, 5) is 27.0. The van der Waals surface area contributed by atoms with Crippen molar-refractivity contribution in [3.8, 4) is 0 Å². The van der Waals surface area contributed by atoms with E-state index in [0.29, 0.717) is 11.6 Å². The van der Waals surface area contributed by atoms with Gasteiger partial charge in [-0.15, -0.1) is 0 Å². The number of nitrogens with one attached hydrogen (secondary N) is 2. The molecule has 1 unspecified atom stereocenters. The number of carbonyl (C=O) groups excluding carboxylic acids is 2. The molecule has 1 saturated heterocycles. The minimum Gasteiger partial charge on any atom is -0.353 e. The van der Waals surface area contributed by atoms with Gasteiger partial charge < -0.3 is 15.2 Å². The van der Waals surface area contributed by atoms with Crippen molar-refractivity contribution in [1.29, 1.82) is 0 Å². The van der Waals surface area contributed by atoms with Crippen molar-refractivity contribution in [2.45, 2.75) is 38.3 Å². The number of nitrogens with zero attached hydrogens (tertiary/aromatic N) is 2. The lowest BCUT2D eigenvalue weighted by Gasteiger charge is -2.31. The summed E-state index contributed by atoms with van der Waals surface area (Å²) in [7, 11) is 2.01. The molecule has 2 aromatic rings. The molecule has 6 nitrogen and oxygen atoms in total. The van der Waals surface area contributed by atoms with Crippen LogP contribution in [-0.4, -0.2) is 40.9 Å². The van der Waals surface area contributed by atoms with Gasteiger partial charge in [0.15, 0.2) is 0 Å². The highest BCUT2D eigenvalue weighted by Crippen LogP contribution is 2.24. The third-order valence-electron chi connectivity index (χ3n) is 5.47. The summed E-state index contributed by atoms with van der Waals surface area (Å²) in [6.45, 7) is 2.63. The van der Waals surface area contributed by atoms with Crippen LogP contribution in [0.5, 0.6) is 0 Å². The molecule has 0 aliphatic carbocycles. The van der Waals surface area contributed by atoms with Gasteiger partial charge in [0, 0.05) is 37.1 Å². The molecule has 156 valence electrons. The second-order valence-corrected chi connectivity index (χ2v) is 7.90. The molecule has 1 aliphatic rings. The van der Waals surface area contributed by atoms with Crippen molar-refractivity contribution in [2.24, 2.45) is 7.05 Å². The molecule has 3 rings (SSSR count). The highest BCUT2D eigenvalue weighted by molar-refractivity contribution is 6.35. The predicted molar refractivity (Wildman–Crippen MR) is 115 cm³/mol. The molecule has 0 radical (unpaired) electrons. The van der Waals surface area contributed by atoms with E-state index in [9.17, 15) is 9.59 Å². The fourth-order valence-corrected chi connectivity index (χ4v) is 4.02. The Morgan fingerprint density at radius 2 is 1.69 bits per heavy atom. The number of rotatable bonds is 6. The molecule has 2 amide bonds. The van der Waals surface area contributed by atoms with Crippen molar-refractivity contribution in [3.05, 3.63) is 58.9 Å². The van der Waals surface area contributed by atoms with Crippen LogP contribution in [0.1, 0.15) is 43.0 Å². The topological polar surface area (TPSA) is 66.4 Å². The van der Waals surface area contributed by atoms with E-state index < -0.39 is 11.8 Å². The Bertz CT molecular complexity index is 828. The van der Waals surface area contributed by atoms with Crippen molar-refractivity contribution in [1.82, 2.24) is 20.1 Å². The summed E-state index contributed by atoms with van der Waals surface area (Å²) in [5.74, 6) is -1.27. The lowest BCUT2D eigenvalue weighted by molar-refractivity contribution is -0.139. The Kier molecular flexibility index (Phi) is 7.72. The van der Waals surface area contributed by atoms with E-state index in [2.05, 4.69) is 26.2 Å². The molecule has 0 spiro atoms. The summed E-state index contributed by atoms with van der Waals surface area (Å²) in [5, 5.41) is 6.04. The number of amides is 2. The van der Waals surface area contributed by atoms with E-state index in [4.69, 9.17) is 11.6 Å². The Morgan fingerprint density at radius 3 is 2.34 bits per heavy atom. The third-order valence-corrected chi connectivity index (χ3v) is 5.83. The van der Waals surface area contributed by atoms with E-state index >= 15 is 0 Å². The first-order chi connectivity index (χ1) is 14.1. The van der Waals surface area contributed by atoms with Crippen molar-refractivity contribution < 1.29 is 9.59 Å². The summed E-state index contributed by atoms with van der Waals surface area (Å²) in [5.41, 5.74) is 1.92. The van der Waals surface area contributed by atoms with Gasteiger partial charge in [-0.3, -0.25) is 14.5 Å². The maximum Gasteiger partial charge on any atom is 0.309 e. The molecule has 1 aromatic carbocycles. The van der Waals surface area contributed by atoms with Crippen LogP contribution in [0.4, 0.5) is 0 Å². The zero-order valence-corrected chi connectivity index (χ0v) is 17.6. The third kappa shape index (κ3) is 5.84. The van der Waals surface area contributed by atoms with Gasteiger partial charge in [0.25, 0.3) is 0 Å². The van der Waals surface area contributed by atoms with E-state index in [1.807, 2.05) is 37.5 Å². The number of hydrogen-bond donors (Lipinski definition) is 2. The van der Waals surface area contributed by atoms with Crippen LogP contribution in [0.25, 0.3) is 0 Å². The average Bonchev–Trinajstić information content (AvgIpc) is 2.97. The number of carbonyl (C=O) groups is 2. The lowest BCUT2D eigenvalue weighted by Crippen LogP contribution is -2.44. The first-order valence-electron chi connectivity index (χ1n) is 10.2. The highest BCUT2D eigenvalue weighted by Gasteiger charge is 2.25. The van der Waals surface area contributed by atoms with Crippen LogP contribution in [0.3, 0.4) is 0 Å². The van der Waals surface area contributed by atoms with Crippen molar-refractivity contribution in [2.75, 3.05) is 19.6 Å². The van der Waals surface area contributed by atoms with Gasteiger partial charge in [0.05, 0.1) is 6.04 Å². The normalized spacial score (nSPS) is 16.1. The van der Waals surface area contributed by atoms with E-state index in [1.165, 1.54) is 12.8 Å². The number of benzene rings is 1. The van der Waals surface area contributed by atoms with Gasteiger partial charge >= 0.3 is 11.8 Å². The lowest BCUT2D eigenvalue weighted by atomic mass is 10.1. The Labute approximate surface area is 177 Å². The first-order valence-corrected chi connectivity index (χ1v) is 10.6. The van der Waals surface area contributed by atoms with Crippen LogP contribution >= 0.6 is 11.6 Å². The molecule has 1 aliphatic heterocycles. The molecule has 2 N–H and O–H groups in total. The van der Waals surface area contributed by atoms with Crippen LogP contribution in [0.15, 0.2) is 42.6 Å². The molecule has 0 saturated carbocycles. The summed E-state index contributed by atoms with van der Waals surface area (Å²) < 4.78 is 2.08. The van der Waals surface area contributed by atoms with Gasteiger partial charge in [0.1, 0.15) is 0 Å². The zero-order valence-electron chi connectivity index (χ0n) is 16.9. The fraction of sp³-hybridized carbons (Fsp3) is 0.455. The van der Waals surface area contributed by atoms with Gasteiger partial charge in [0.2, 0.25) is 0 Å². The second kappa shape index (κ2) is 10.5. The van der Waals surface area contributed by atoms with Gasteiger partial charge in [-0.2, -0.15) is 0 Å². The van der Waals surface area contributed by atoms with E-state index in [0.717, 1.165) is 37.2 Å². The maximum absolute atomic E-state index is 12.4. The van der Waals surface area contributed by atoms with Crippen LogP contribution in [-0.2, 0) is 23.2 Å². The number of hydrogen-bond acceptors (Lipinski definition) is 3. The number of halogens is 1. The van der Waals surface area contributed by atoms with Gasteiger partial charge in [-0.05, 0) is 49.7 Å². The summed E-state index contributed by atoms with van der Waals surface area (Å²) >= 11 is 6.10. The number of aryl methyl sites for hydroxylation is 1. The smallest absolute Gasteiger partial charge is 0.309 e. The fourth-order valence-electron chi connectivity index (χ4n) is 3.82. The molecular formula is C22H29ClN4O2. The van der Waals surface area contributed by atoms with Crippen LogP contribution < -0.4 is 10.6 Å². The van der Waals surface area contributed by atoms with Gasteiger partial charge in [-0.25, -0.2) is 0 Å². The molecule has 1 atom stereocenters. The van der Waals surface area contributed by atoms with Crippen molar-refractivity contribution in [3.63, 3.8) is 0 Å². The minimum absolute atomic E-state index is 0.0495. The van der Waals surface area contributed by atoms with E-state index in [-0.39, 0.29) is 12.6 Å². The summed E-state index contributed by atoms with van der Waals surface area (Å²) in [6, 6.07) is 11.4. The van der Waals surface area contributed by atoms with Gasteiger partial charge in [-0.1, -0.05) is 42.6 Å². The Hall–Kier alpha value is -2.31. The van der Waals surface area contributed by atoms with E-state index in [1.54, 1.807) is 6.07 Å². The maximum atomic E-state index is 12.4. The molecule has 29 heavy (non-hydrogen) atoms. The Morgan fingerprint density at radius 1 is 1.00 bits per heavy atom. The standard InChI is InChI=1S/C22H29ClN4O2/c1-26-12-8-11-19(26)20(27-13-6-2-3-7-14-27)16-25-22(29)21(28)24-15-17-9-4-5-10-18(17)23/h4-5,8-12,20H,2-3,6-7,13-16H2,1H3,(H,24,28)(H,25,29). The van der Waals surface area contributed by atoms with Crippen LogP contribution in [0, 0.1) is 0 Å². The molecule has 2 heterocycles. The molecule has 1 aromatic heterocycles. The molecule has 7 heteroatoms. The second-order valence-electron chi connectivity index (χ2n) is 7.49. The molecule has 1 fully saturated rings. The predicted octanol–water partition coefficient (Wildman–Crippen LogP) is 3.03. The first kappa shape index (κ1) is 21.4. The molecular weight excluding hydrogens is 388 g/mol. The molecule has 0 bridgehead atoms. The highest BCUT2D eigenvalue weighted by atomic mass is 35.5. The van der Waals surface area contributed by atoms with Crippen LogP contribution in [0.2, 0.25) is 5.02 Å². The Balaban J connectivity index is 1.59. The quantitative estimate of drug-likeness (QED) is 0.711. The minimum atomic E-state index is -0.647. The average molecular weight is 417 g/mol. The number of likely N-dealkylation sites (tertiary alicyclic amines) is 1. The number of aromatic nitrogens is 1. The van der Waals surface area contributed by atoms with Crippen molar-refractivity contribution >= 4 is 23.4 Å². The largest absolute Gasteiger partial charge is 0.353 e. The monoisotopic (exact) mass is 416 g/mol. The summed E-state index contributed by atoms with van der Waals surface area (Å²) in [6.07, 6.45) is 6.82. The SMILES string of the molecule is Cn1cccc1C(CNC(=O)C(=O)NCc1ccccc1Cl)N1CCCCCC1.